The molecule has 0 spiro atoms. The van der Waals surface area contributed by atoms with Gasteiger partial charge in [0.1, 0.15) is 0 Å². The van der Waals surface area contributed by atoms with Gasteiger partial charge in [0.2, 0.25) is 0 Å². The predicted octanol–water partition coefficient (Wildman–Crippen LogP) is 3.79. The second-order valence-electron chi connectivity index (χ2n) is 6.11. The van der Waals surface area contributed by atoms with Crippen LogP contribution in [0.5, 0.6) is 0 Å². The molecule has 0 atom stereocenters. The zero-order chi connectivity index (χ0) is 17.0. The first-order valence-electron chi connectivity index (χ1n) is 7.79. The molecule has 1 N–H and O–H groups in total. The minimum Gasteiger partial charge on any atom is -0.336 e. The van der Waals surface area contributed by atoms with Crippen LogP contribution in [0.1, 0.15) is 29.8 Å². The molecule has 3 heteroatoms. The summed E-state index contributed by atoms with van der Waals surface area (Å²) in [7, 11) is 0. The van der Waals surface area contributed by atoms with Crippen LogP contribution in [0.15, 0.2) is 66.9 Å². The fourth-order valence-corrected chi connectivity index (χ4v) is 2.33. The molecule has 0 unspecified atom stereocenters. The molecule has 0 aliphatic heterocycles. The van der Waals surface area contributed by atoms with Crippen molar-refractivity contribution < 1.29 is 4.79 Å². The van der Waals surface area contributed by atoms with E-state index in [0.717, 1.165) is 16.5 Å². The van der Waals surface area contributed by atoms with E-state index in [1.807, 2.05) is 74.5 Å². The summed E-state index contributed by atoms with van der Waals surface area (Å²) >= 11 is 0. The highest BCUT2D eigenvalue weighted by Crippen LogP contribution is 2.13. The van der Waals surface area contributed by atoms with Crippen molar-refractivity contribution in [3.05, 3.63) is 78.0 Å². The summed E-state index contributed by atoms with van der Waals surface area (Å²) in [5.41, 5.74) is 1.69. The Kier molecular flexibility index (Phi) is 4.31. The van der Waals surface area contributed by atoms with E-state index in [0.29, 0.717) is 5.56 Å². The molecule has 0 radical (unpaired) electrons. The van der Waals surface area contributed by atoms with Gasteiger partial charge in [0, 0.05) is 17.1 Å². The first-order valence-corrected chi connectivity index (χ1v) is 7.79. The van der Waals surface area contributed by atoms with Gasteiger partial charge in [-0.3, -0.25) is 9.78 Å². The number of para-hydroxylation sites is 1. The lowest BCUT2D eigenvalue weighted by atomic mass is 10.0. The van der Waals surface area contributed by atoms with E-state index in [4.69, 9.17) is 0 Å². The van der Waals surface area contributed by atoms with Crippen molar-refractivity contribution >= 4 is 16.8 Å². The summed E-state index contributed by atoms with van der Waals surface area (Å²) in [5.74, 6) is 6.02. The quantitative estimate of drug-likeness (QED) is 0.731. The number of carbonyl (C=O) groups excluding carboxylic acids is 1. The number of benzene rings is 2. The average Bonchev–Trinajstić information content (AvgIpc) is 2.60. The van der Waals surface area contributed by atoms with Crippen LogP contribution < -0.4 is 5.32 Å². The summed E-state index contributed by atoms with van der Waals surface area (Å²) in [5, 5.41) is 3.90. The number of carbonyl (C=O) groups is 1. The van der Waals surface area contributed by atoms with Crippen molar-refractivity contribution in [3.63, 3.8) is 0 Å². The van der Waals surface area contributed by atoms with Gasteiger partial charge in [-0.1, -0.05) is 48.2 Å². The third-order valence-electron chi connectivity index (χ3n) is 3.57. The molecule has 118 valence electrons. The molecule has 1 aromatic heterocycles. The second-order valence-corrected chi connectivity index (χ2v) is 6.11. The monoisotopic (exact) mass is 314 g/mol. The van der Waals surface area contributed by atoms with Gasteiger partial charge in [0.05, 0.1) is 16.6 Å². The molecule has 3 aromatic rings. The Balaban J connectivity index is 1.78. The Hall–Kier alpha value is -3.12. The number of rotatable bonds is 2. The number of hydrogen-bond acceptors (Lipinski definition) is 2. The number of hydrogen-bond donors (Lipinski definition) is 1. The zero-order valence-electron chi connectivity index (χ0n) is 13.7. The van der Waals surface area contributed by atoms with E-state index in [1.54, 1.807) is 6.20 Å². The maximum Gasteiger partial charge on any atom is 0.254 e. The molecular weight excluding hydrogens is 296 g/mol. The van der Waals surface area contributed by atoms with Crippen molar-refractivity contribution in [2.24, 2.45) is 0 Å². The Morgan fingerprint density at radius 1 is 1.04 bits per heavy atom. The molecule has 3 nitrogen and oxygen atoms in total. The topological polar surface area (TPSA) is 42.0 Å². The van der Waals surface area contributed by atoms with Gasteiger partial charge < -0.3 is 5.32 Å². The van der Waals surface area contributed by atoms with Gasteiger partial charge in [-0.05, 0) is 38.1 Å². The SMILES string of the molecule is CC(C)(C#Cc1ccccc1)NC(=O)c1cnc2ccccc2c1. The van der Waals surface area contributed by atoms with Gasteiger partial charge in [-0.2, -0.15) is 0 Å². The van der Waals surface area contributed by atoms with Crippen LogP contribution in [-0.2, 0) is 0 Å². The van der Waals surface area contributed by atoms with Crippen LogP contribution in [0, 0.1) is 11.8 Å². The minimum atomic E-state index is -0.640. The maximum absolute atomic E-state index is 12.5. The fourth-order valence-electron chi connectivity index (χ4n) is 2.33. The maximum atomic E-state index is 12.5. The van der Waals surface area contributed by atoms with Crippen LogP contribution in [-0.4, -0.2) is 16.4 Å². The lowest BCUT2D eigenvalue weighted by molar-refractivity contribution is 0.0929. The number of fused-ring (bicyclic) bond motifs is 1. The highest BCUT2D eigenvalue weighted by molar-refractivity contribution is 5.97. The summed E-state index contributed by atoms with van der Waals surface area (Å²) in [6.07, 6.45) is 1.60. The molecule has 0 saturated heterocycles. The molecule has 0 aliphatic carbocycles. The van der Waals surface area contributed by atoms with E-state index in [2.05, 4.69) is 22.1 Å². The van der Waals surface area contributed by atoms with Crippen molar-refractivity contribution in [1.82, 2.24) is 10.3 Å². The number of nitrogens with one attached hydrogen (secondary N) is 1. The number of amides is 1. The smallest absolute Gasteiger partial charge is 0.254 e. The Labute approximate surface area is 141 Å². The first kappa shape index (κ1) is 15.8. The average molecular weight is 314 g/mol. The second kappa shape index (κ2) is 6.55. The number of nitrogens with zero attached hydrogens (tertiary/aromatic N) is 1. The van der Waals surface area contributed by atoms with Gasteiger partial charge in [0.15, 0.2) is 0 Å². The highest BCUT2D eigenvalue weighted by Gasteiger charge is 2.19. The number of pyridine rings is 1. The van der Waals surface area contributed by atoms with Crippen LogP contribution in [0.4, 0.5) is 0 Å². The van der Waals surface area contributed by atoms with E-state index in [-0.39, 0.29) is 5.91 Å². The third-order valence-corrected chi connectivity index (χ3v) is 3.57. The largest absolute Gasteiger partial charge is 0.336 e. The fraction of sp³-hybridized carbons (Fsp3) is 0.143. The van der Waals surface area contributed by atoms with Crippen LogP contribution >= 0.6 is 0 Å². The minimum absolute atomic E-state index is 0.180. The van der Waals surface area contributed by atoms with E-state index >= 15 is 0 Å². The van der Waals surface area contributed by atoms with E-state index < -0.39 is 5.54 Å². The summed E-state index contributed by atoms with van der Waals surface area (Å²) < 4.78 is 0. The van der Waals surface area contributed by atoms with Crippen molar-refractivity contribution in [1.29, 1.82) is 0 Å². The third kappa shape index (κ3) is 3.80. The lowest BCUT2D eigenvalue weighted by Gasteiger charge is -2.19. The summed E-state index contributed by atoms with van der Waals surface area (Å²) in [6, 6.07) is 19.3. The molecule has 0 fully saturated rings. The van der Waals surface area contributed by atoms with Crippen LogP contribution in [0.3, 0.4) is 0 Å². The van der Waals surface area contributed by atoms with Gasteiger partial charge in [-0.15, -0.1) is 0 Å². The van der Waals surface area contributed by atoms with Crippen molar-refractivity contribution in [2.45, 2.75) is 19.4 Å². The normalized spacial score (nSPS) is 10.8. The molecule has 0 saturated carbocycles. The summed E-state index contributed by atoms with van der Waals surface area (Å²) in [4.78, 5) is 16.8. The molecule has 0 aliphatic rings. The number of aromatic nitrogens is 1. The highest BCUT2D eigenvalue weighted by atomic mass is 16.1. The lowest BCUT2D eigenvalue weighted by Crippen LogP contribution is -2.42. The molecule has 0 bridgehead atoms. The Morgan fingerprint density at radius 2 is 1.75 bits per heavy atom. The van der Waals surface area contributed by atoms with Gasteiger partial charge >= 0.3 is 0 Å². The van der Waals surface area contributed by atoms with Gasteiger partial charge in [0.25, 0.3) is 5.91 Å². The summed E-state index contributed by atoms with van der Waals surface area (Å²) in [6.45, 7) is 3.77. The zero-order valence-corrected chi connectivity index (χ0v) is 13.7. The van der Waals surface area contributed by atoms with E-state index in [1.165, 1.54) is 0 Å². The standard InChI is InChI=1S/C21H18N2O/c1-21(2,13-12-16-8-4-3-5-9-16)23-20(24)18-14-17-10-6-7-11-19(17)22-15-18/h3-11,14-15H,1-2H3,(H,23,24). The molecule has 24 heavy (non-hydrogen) atoms. The molecule has 2 aromatic carbocycles. The Bertz CT molecular complexity index is 934. The predicted molar refractivity (Wildman–Crippen MR) is 96.6 cm³/mol. The van der Waals surface area contributed by atoms with Crippen molar-refractivity contribution in [2.75, 3.05) is 0 Å². The first-order chi connectivity index (χ1) is 11.5. The molecule has 1 amide bonds. The molecule has 1 heterocycles. The Morgan fingerprint density at radius 3 is 2.54 bits per heavy atom. The van der Waals surface area contributed by atoms with Crippen molar-refractivity contribution in [3.8, 4) is 11.8 Å². The molecule has 3 rings (SSSR count). The van der Waals surface area contributed by atoms with E-state index in [9.17, 15) is 4.79 Å². The van der Waals surface area contributed by atoms with Crippen LogP contribution in [0.25, 0.3) is 10.9 Å². The molecular formula is C21H18N2O. The van der Waals surface area contributed by atoms with Gasteiger partial charge in [-0.25, -0.2) is 0 Å². The van der Waals surface area contributed by atoms with Crippen LogP contribution in [0.2, 0.25) is 0 Å².